The summed E-state index contributed by atoms with van der Waals surface area (Å²) in [5, 5.41) is 8.86. The van der Waals surface area contributed by atoms with Crippen LogP contribution < -0.4 is 43.5 Å². The summed E-state index contributed by atoms with van der Waals surface area (Å²) in [5.41, 5.74) is 5.48. The minimum absolute atomic E-state index is 0.0202. The summed E-state index contributed by atoms with van der Waals surface area (Å²) in [4.78, 5) is 161. The lowest BCUT2D eigenvalue weighted by molar-refractivity contribution is 0.0405. The van der Waals surface area contributed by atoms with Gasteiger partial charge in [-0.15, -0.1) is 0 Å². The monoisotopic (exact) mass is 1930 g/mol. The number of fused-ring (bicyclic) bond motifs is 4. The average Bonchev–Trinajstić information content (AvgIpc) is 1.60. The molecule has 4 aromatic heterocycles. The minimum atomic E-state index is -3.42. The van der Waals surface area contributed by atoms with E-state index in [1.807, 2.05) is 93.6 Å². The Morgan fingerprint density at radius 3 is 0.800 bits per heavy atom. The number of sulfone groups is 4. The lowest BCUT2D eigenvalue weighted by Gasteiger charge is -2.35. The number of hydrogen-bond acceptors (Lipinski definition) is 22. The molecule has 4 N–H and O–H groups in total. The van der Waals surface area contributed by atoms with E-state index in [1.165, 1.54) is 92.5 Å². The number of aromatic nitrogens is 4. The van der Waals surface area contributed by atoms with Crippen LogP contribution in [0.4, 0.5) is 4.39 Å². The smallest absolute Gasteiger partial charge is 0.270 e. The molecule has 0 atom stereocenters. The highest BCUT2D eigenvalue weighted by atomic mass is 32.2. The normalized spacial score (nSPS) is 18.2. The van der Waals surface area contributed by atoms with Gasteiger partial charge in [-0.1, -0.05) is 102 Å². The molecule has 0 radical (unpaired) electrons. The standard InChI is InChI=1S/C24H26FN3O6S.C24H27N3O6S.2C24H29N3O5S/c1-15-2-3-16(10-19(15)25)11-26-21(29)18-4-5-20-23(31)27(8-9-28(20)22(18)30)14-24(6-7-24)35(32,33)17-12-34-13-17;1-16-2-4-17(5-3-16)12-25-21(28)19-6-7-20-23(30)26(10-11-27(20)22(19)29)15-24(8-9-24)34(31,32)18-13-33-14-18;2*1-16(2)33(31,32)24(10-11-24)15-26-12-13-27-20(23(26)30)9-8-19(22(27)29)21(28)25-14-18-6-4-17(3)5-7-18/h2-5,10,17H,6-9,11-14H2,1H3,(H,26,29);2-7,18H,8-15H2,1H3,(H,25,28);2*4-9,16H,10-15H2,1-3H3,(H,25,28). The van der Waals surface area contributed by atoms with Crippen molar-refractivity contribution in [3.63, 3.8) is 0 Å². The van der Waals surface area contributed by atoms with Gasteiger partial charge in [-0.3, -0.25) is 57.5 Å². The molecular weight excluding hydrogens is 1820 g/mol. The lowest BCUT2D eigenvalue weighted by Crippen LogP contribution is -2.53. The zero-order valence-corrected chi connectivity index (χ0v) is 79.7. The molecule has 4 saturated carbocycles. The fraction of sp³-hybridized carbons (Fsp3) is 0.458. The summed E-state index contributed by atoms with van der Waals surface area (Å²) in [6.45, 7) is 18.1. The molecule has 0 spiro atoms. The van der Waals surface area contributed by atoms with Gasteiger partial charge in [-0.05, 0) is 189 Å². The molecule has 135 heavy (non-hydrogen) atoms. The second kappa shape index (κ2) is 38.3. The van der Waals surface area contributed by atoms with Gasteiger partial charge in [0.1, 0.15) is 61.3 Å². The van der Waals surface area contributed by atoms with Crippen LogP contribution in [0.15, 0.2) is 159 Å². The number of halogens is 1. The number of nitrogens with one attached hydrogen (secondary N) is 4. The molecule has 18 rings (SSSR count). The first-order valence-corrected chi connectivity index (χ1v) is 51.4. The highest BCUT2D eigenvalue weighted by molar-refractivity contribution is 7.94. The number of carbonyl (C=O) groups is 8. The molecule has 39 heteroatoms. The van der Waals surface area contributed by atoms with Crippen LogP contribution in [0.1, 0.15) is 207 Å². The van der Waals surface area contributed by atoms with Crippen molar-refractivity contribution in [1.29, 1.82) is 0 Å². The minimum Gasteiger partial charge on any atom is -0.379 e. The van der Waals surface area contributed by atoms with E-state index in [2.05, 4.69) is 21.3 Å². The van der Waals surface area contributed by atoms with Crippen molar-refractivity contribution >= 4 is 86.6 Å². The molecule has 6 aliphatic heterocycles. The number of nitrogens with zero attached hydrogens (tertiary/aromatic N) is 8. The van der Waals surface area contributed by atoms with Gasteiger partial charge >= 0.3 is 0 Å². The summed E-state index contributed by atoms with van der Waals surface area (Å²) < 4.78 is 128. The van der Waals surface area contributed by atoms with Gasteiger partial charge in [0, 0.05) is 105 Å². The first-order chi connectivity index (χ1) is 64.0. The van der Waals surface area contributed by atoms with E-state index in [1.54, 1.807) is 46.8 Å². The number of pyridine rings is 4. The Morgan fingerprint density at radius 2 is 0.578 bits per heavy atom. The van der Waals surface area contributed by atoms with E-state index in [4.69, 9.17) is 9.47 Å². The number of amides is 8. The van der Waals surface area contributed by atoms with Gasteiger partial charge in [-0.2, -0.15) is 0 Å². The number of hydrogen-bond donors (Lipinski definition) is 4. The van der Waals surface area contributed by atoms with Crippen LogP contribution in [0, 0.1) is 33.5 Å². The lowest BCUT2D eigenvalue weighted by atomic mass is 10.1. The van der Waals surface area contributed by atoms with E-state index in [0.29, 0.717) is 75.6 Å². The number of ether oxygens (including phenoxy) is 2. The molecule has 8 amide bonds. The van der Waals surface area contributed by atoms with Gasteiger partial charge in [0.15, 0.2) is 39.3 Å². The fourth-order valence-electron chi connectivity index (χ4n) is 17.7. The number of benzene rings is 4. The van der Waals surface area contributed by atoms with Gasteiger partial charge in [0.2, 0.25) is 0 Å². The molecule has 10 heterocycles. The van der Waals surface area contributed by atoms with Crippen molar-refractivity contribution in [2.45, 2.75) is 199 Å². The molecule has 8 aromatic rings. The van der Waals surface area contributed by atoms with Crippen LogP contribution in [-0.2, 0) is 101 Å². The molecule has 0 unspecified atom stereocenters. The van der Waals surface area contributed by atoms with E-state index >= 15 is 0 Å². The van der Waals surface area contributed by atoms with Gasteiger partial charge < -0.3 is 68.6 Å². The fourth-order valence-corrected chi connectivity index (χ4v) is 26.3. The highest BCUT2D eigenvalue weighted by Gasteiger charge is 2.62. The van der Waals surface area contributed by atoms with Crippen LogP contribution in [0.2, 0.25) is 0 Å². The first kappa shape index (κ1) is 97.6. The molecule has 2 saturated heterocycles. The topological polar surface area (TPSA) is 441 Å². The predicted molar refractivity (Wildman–Crippen MR) is 499 cm³/mol. The Labute approximate surface area is 781 Å². The molecule has 4 aliphatic carbocycles. The van der Waals surface area contributed by atoms with Gasteiger partial charge in [-0.25, -0.2) is 38.1 Å². The Hall–Kier alpha value is -11.9. The Bertz CT molecular complexity index is 6630. The van der Waals surface area contributed by atoms with Crippen LogP contribution in [0.3, 0.4) is 0 Å². The van der Waals surface area contributed by atoms with E-state index in [-0.39, 0.29) is 187 Å². The molecular formula is C96H111FN12O22S4. The zero-order chi connectivity index (χ0) is 97.0. The van der Waals surface area contributed by atoms with Crippen LogP contribution in [0.25, 0.3) is 0 Å². The Morgan fingerprint density at radius 1 is 0.341 bits per heavy atom. The summed E-state index contributed by atoms with van der Waals surface area (Å²) in [5.74, 6) is -4.06. The van der Waals surface area contributed by atoms with Crippen LogP contribution in [-0.4, -0.2) is 238 Å². The Kier molecular flexibility index (Phi) is 27.7. The molecule has 0 bridgehead atoms. The van der Waals surface area contributed by atoms with Crippen LogP contribution >= 0.6 is 0 Å². The third-order valence-corrected chi connectivity index (χ3v) is 39.1. The second-order valence-corrected chi connectivity index (χ2v) is 48.4. The maximum absolute atomic E-state index is 13.7. The SMILES string of the molecule is Cc1ccc(CNC(=O)c2ccc3n(c2=O)CCN(CC2(S(=O)(=O)C(C)C)CC2)C3=O)cc1.Cc1ccc(CNC(=O)c2ccc3n(c2=O)CCN(CC2(S(=O)(=O)C(C)C)CC2)C3=O)cc1.Cc1ccc(CNC(=O)c2ccc3n(c2=O)CCN(CC2(S(=O)(=O)C4COC4)CC2)C3=O)cc1.Cc1ccc(CNC(=O)c2ccc3n(c2=O)CCN(CC2(S(=O)(=O)C4COC4)CC2)C3=O)cc1F. The quantitative estimate of drug-likeness (QED) is 0.0456. The van der Waals surface area contributed by atoms with Crippen molar-refractivity contribution in [2.24, 2.45) is 0 Å². The highest BCUT2D eigenvalue weighted by Crippen LogP contribution is 2.51. The van der Waals surface area contributed by atoms with Crippen molar-refractivity contribution in [3.8, 4) is 0 Å². The molecule has 718 valence electrons. The number of rotatable bonds is 28. The van der Waals surface area contributed by atoms with E-state index < -0.39 is 131 Å². The zero-order valence-electron chi connectivity index (χ0n) is 76.5. The third-order valence-electron chi connectivity index (χ3n) is 27.4. The van der Waals surface area contributed by atoms with E-state index in [9.17, 15) is 95.6 Å². The van der Waals surface area contributed by atoms with E-state index in [0.717, 1.165) is 33.4 Å². The van der Waals surface area contributed by atoms with Crippen LogP contribution in [0.5, 0.6) is 0 Å². The summed E-state index contributed by atoms with van der Waals surface area (Å²) >= 11 is 0. The molecule has 10 aliphatic rings. The maximum Gasteiger partial charge on any atom is 0.270 e. The average molecular weight is 1930 g/mol. The third kappa shape index (κ3) is 19.7. The van der Waals surface area contributed by atoms with Gasteiger partial charge in [0.05, 0.1) is 55.9 Å². The number of aryl methyl sites for hydroxylation is 4. The summed E-state index contributed by atoms with van der Waals surface area (Å²) in [7, 11) is -13.5. The summed E-state index contributed by atoms with van der Waals surface area (Å²) in [6, 6.07) is 39.1. The second-order valence-electron chi connectivity index (χ2n) is 37.4. The number of carbonyl (C=O) groups excluding carboxylic acids is 8. The predicted octanol–water partition coefficient (Wildman–Crippen LogP) is 5.71. The van der Waals surface area contributed by atoms with Crippen molar-refractivity contribution in [2.75, 3.05) is 78.8 Å². The van der Waals surface area contributed by atoms with Crippen molar-refractivity contribution < 1.29 is 85.9 Å². The largest absolute Gasteiger partial charge is 0.379 e. The molecule has 34 nitrogen and oxygen atoms in total. The van der Waals surface area contributed by atoms with Crippen molar-refractivity contribution in [1.82, 2.24) is 59.1 Å². The first-order valence-electron chi connectivity index (χ1n) is 45.2. The van der Waals surface area contributed by atoms with Gasteiger partial charge in [0.25, 0.3) is 69.5 Å². The Balaban J connectivity index is 0.000000137. The molecule has 6 fully saturated rings. The maximum atomic E-state index is 13.7. The molecule has 4 aromatic carbocycles. The van der Waals surface area contributed by atoms with Crippen molar-refractivity contribution in [3.05, 3.63) is 276 Å². The summed E-state index contributed by atoms with van der Waals surface area (Å²) in [6.07, 6.45) is 4.26.